The summed E-state index contributed by atoms with van der Waals surface area (Å²) in [6.45, 7) is 4.86. The molecule has 19 heavy (non-hydrogen) atoms. The number of likely N-dealkylation sites (N-methyl/N-ethyl adjacent to an activating group) is 1. The summed E-state index contributed by atoms with van der Waals surface area (Å²) >= 11 is 1.78. The molecule has 0 saturated heterocycles. The molecule has 4 heteroatoms. The van der Waals surface area contributed by atoms with Crippen LogP contribution in [0.4, 0.5) is 0 Å². The van der Waals surface area contributed by atoms with Crippen LogP contribution in [-0.4, -0.2) is 18.5 Å². The van der Waals surface area contributed by atoms with Crippen molar-refractivity contribution < 1.29 is 4.42 Å². The lowest BCUT2D eigenvalue weighted by atomic mass is 10.1. The van der Waals surface area contributed by atoms with Crippen LogP contribution in [0.5, 0.6) is 0 Å². The molecule has 2 rings (SSSR count). The van der Waals surface area contributed by atoms with E-state index in [-0.39, 0.29) is 6.04 Å². The SMILES string of the molecule is CCc1ccc(C(CN)N(C)C(C)c2cccs2)o1. The number of furan rings is 1. The van der Waals surface area contributed by atoms with Crippen molar-refractivity contribution in [2.24, 2.45) is 5.73 Å². The number of hydrogen-bond acceptors (Lipinski definition) is 4. The third-order valence-electron chi connectivity index (χ3n) is 3.64. The number of nitrogens with zero attached hydrogens (tertiary/aromatic N) is 1. The van der Waals surface area contributed by atoms with Crippen molar-refractivity contribution in [3.8, 4) is 0 Å². The fourth-order valence-electron chi connectivity index (χ4n) is 2.25. The molecular weight excluding hydrogens is 256 g/mol. The van der Waals surface area contributed by atoms with Crippen LogP contribution >= 0.6 is 11.3 Å². The van der Waals surface area contributed by atoms with Crippen molar-refractivity contribution in [2.45, 2.75) is 32.4 Å². The molecule has 0 amide bonds. The maximum Gasteiger partial charge on any atom is 0.122 e. The zero-order valence-corrected chi connectivity index (χ0v) is 12.6. The minimum Gasteiger partial charge on any atom is -0.464 e. The first kappa shape index (κ1) is 14.3. The fraction of sp³-hybridized carbons (Fsp3) is 0.467. The highest BCUT2D eigenvalue weighted by molar-refractivity contribution is 7.10. The quantitative estimate of drug-likeness (QED) is 0.878. The van der Waals surface area contributed by atoms with E-state index in [0.717, 1.165) is 17.9 Å². The summed E-state index contributed by atoms with van der Waals surface area (Å²) in [5, 5.41) is 2.11. The predicted octanol–water partition coefficient (Wildman–Crippen LogP) is 3.60. The predicted molar refractivity (Wildman–Crippen MR) is 80.4 cm³/mol. The molecule has 2 heterocycles. The van der Waals surface area contributed by atoms with Crippen LogP contribution in [0, 0.1) is 0 Å². The van der Waals surface area contributed by atoms with Crippen molar-refractivity contribution in [1.82, 2.24) is 4.90 Å². The highest BCUT2D eigenvalue weighted by Crippen LogP contribution is 2.31. The molecule has 0 spiro atoms. The number of nitrogens with two attached hydrogens (primary N) is 1. The number of aryl methyl sites for hydroxylation is 1. The zero-order chi connectivity index (χ0) is 13.8. The van der Waals surface area contributed by atoms with Gasteiger partial charge in [0.05, 0.1) is 6.04 Å². The van der Waals surface area contributed by atoms with Gasteiger partial charge < -0.3 is 10.2 Å². The summed E-state index contributed by atoms with van der Waals surface area (Å²) in [4.78, 5) is 3.63. The molecule has 2 aromatic rings. The normalized spacial score (nSPS) is 14.8. The van der Waals surface area contributed by atoms with E-state index in [1.54, 1.807) is 11.3 Å². The van der Waals surface area contributed by atoms with Crippen molar-refractivity contribution >= 4 is 11.3 Å². The summed E-state index contributed by atoms with van der Waals surface area (Å²) < 4.78 is 5.86. The number of thiophene rings is 1. The molecule has 0 fully saturated rings. The summed E-state index contributed by atoms with van der Waals surface area (Å²) in [5.41, 5.74) is 5.95. The molecule has 2 N–H and O–H groups in total. The molecule has 2 unspecified atom stereocenters. The van der Waals surface area contributed by atoms with Gasteiger partial charge in [-0.05, 0) is 37.6 Å². The van der Waals surface area contributed by atoms with Crippen LogP contribution in [-0.2, 0) is 6.42 Å². The molecule has 3 nitrogen and oxygen atoms in total. The van der Waals surface area contributed by atoms with Gasteiger partial charge in [0.1, 0.15) is 11.5 Å². The van der Waals surface area contributed by atoms with Crippen molar-refractivity contribution in [3.05, 3.63) is 46.0 Å². The van der Waals surface area contributed by atoms with Crippen molar-refractivity contribution in [2.75, 3.05) is 13.6 Å². The number of hydrogen-bond donors (Lipinski definition) is 1. The Labute approximate surface area is 119 Å². The molecule has 104 valence electrons. The van der Waals surface area contributed by atoms with Gasteiger partial charge in [-0.25, -0.2) is 0 Å². The summed E-state index contributed by atoms with van der Waals surface area (Å²) in [7, 11) is 2.11. The van der Waals surface area contributed by atoms with Gasteiger partial charge >= 0.3 is 0 Å². The Morgan fingerprint density at radius 3 is 2.68 bits per heavy atom. The maximum atomic E-state index is 5.95. The minimum absolute atomic E-state index is 0.123. The first-order valence-corrected chi connectivity index (χ1v) is 7.59. The lowest BCUT2D eigenvalue weighted by molar-refractivity contribution is 0.169. The molecule has 0 aromatic carbocycles. The average molecular weight is 278 g/mol. The largest absolute Gasteiger partial charge is 0.464 e. The van der Waals surface area contributed by atoms with Crippen LogP contribution in [0.25, 0.3) is 0 Å². The molecule has 0 aliphatic heterocycles. The van der Waals surface area contributed by atoms with E-state index in [0.29, 0.717) is 12.6 Å². The molecule has 0 aliphatic carbocycles. The second-order valence-corrected chi connectivity index (χ2v) is 5.75. The third-order valence-corrected chi connectivity index (χ3v) is 4.68. The first-order chi connectivity index (χ1) is 9.17. The van der Waals surface area contributed by atoms with Gasteiger partial charge in [-0.3, -0.25) is 4.90 Å². The van der Waals surface area contributed by atoms with E-state index in [4.69, 9.17) is 10.2 Å². The van der Waals surface area contributed by atoms with Gasteiger partial charge in [-0.15, -0.1) is 11.3 Å². The Hall–Kier alpha value is -1.10. The van der Waals surface area contributed by atoms with Crippen LogP contribution < -0.4 is 5.73 Å². The molecule has 0 saturated carbocycles. The molecule has 2 atom stereocenters. The smallest absolute Gasteiger partial charge is 0.122 e. The van der Waals surface area contributed by atoms with Crippen LogP contribution in [0.1, 0.15) is 42.3 Å². The van der Waals surface area contributed by atoms with E-state index < -0.39 is 0 Å². The lowest BCUT2D eigenvalue weighted by Gasteiger charge is -2.30. The van der Waals surface area contributed by atoms with E-state index in [1.807, 2.05) is 12.1 Å². The third kappa shape index (κ3) is 3.08. The second kappa shape index (κ2) is 6.37. The van der Waals surface area contributed by atoms with E-state index in [1.165, 1.54) is 4.88 Å². The maximum absolute atomic E-state index is 5.95. The topological polar surface area (TPSA) is 42.4 Å². The van der Waals surface area contributed by atoms with E-state index in [9.17, 15) is 0 Å². The molecule has 0 aliphatic rings. The Kier molecular flexibility index (Phi) is 4.80. The van der Waals surface area contributed by atoms with Crippen LogP contribution in [0.15, 0.2) is 34.1 Å². The molecular formula is C15H22N2OS. The minimum atomic E-state index is 0.123. The van der Waals surface area contributed by atoms with E-state index >= 15 is 0 Å². The van der Waals surface area contributed by atoms with Gasteiger partial charge in [0.25, 0.3) is 0 Å². The van der Waals surface area contributed by atoms with Gasteiger partial charge in [-0.2, -0.15) is 0 Å². The van der Waals surface area contributed by atoms with Crippen molar-refractivity contribution in [1.29, 1.82) is 0 Å². The Bertz CT molecular complexity index is 492. The fourth-order valence-corrected chi connectivity index (χ4v) is 3.08. The summed E-state index contributed by atoms with van der Waals surface area (Å²) in [6.07, 6.45) is 0.918. The van der Waals surface area contributed by atoms with Gasteiger partial charge in [0.2, 0.25) is 0 Å². The monoisotopic (exact) mass is 278 g/mol. The van der Waals surface area contributed by atoms with Gasteiger partial charge in [-0.1, -0.05) is 13.0 Å². The lowest BCUT2D eigenvalue weighted by Crippen LogP contribution is -2.32. The first-order valence-electron chi connectivity index (χ1n) is 6.71. The Balaban J connectivity index is 2.16. The highest BCUT2D eigenvalue weighted by Gasteiger charge is 2.24. The van der Waals surface area contributed by atoms with Crippen molar-refractivity contribution in [3.63, 3.8) is 0 Å². The summed E-state index contributed by atoms with van der Waals surface area (Å²) in [6, 6.07) is 8.81. The number of rotatable bonds is 6. The van der Waals surface area contributed by atoms with Crippen LogP contribution in [0.2, 0.25) is 0 Å². The molecule has 0 radical (unpaired) electrons. The standard InChI is InChI=1S/C15H22N2OS/c1-4-12-7-8-14(18-12)13(10-16)17(3)11(2)15-6-5-9-19-15/h5-9,11,13H,4,10,16H2,1-3H3. The Morgan fingerprint density at radius 1 is 1.37 bits per heavy atom. The molecule has 2 aromatic heterocycles. The Morgan fingerprint density at radius 2 is 2.16 bits per heavy atom. The highest BCUT2D eigenvalue weighted by atomic mass is 32.1. The zero-order valence-electron chi connectivity index (χ0n) is 11.8. The molecule has 0 bridgehead atoms. The van der Waals surface area contributed by atoms with Gasteiger partial charge in [0.15, 0.2) is 0 Å². The van der Waals surface area contributed by atoms with Crippen LogP contribution in [0.3, 0.4) is 0 Å². The second-order valence-electron chi connectivity index (χ2n) is 4.77. The van der Waals surface area contributed by atoms with Gasteiger partial charge in [0, 0.05) is 23.9 Å². The van der Waals surface area contributed by atoms with E-state index in [2.05, 4.69) is 43.3 Å². The average Bonchev–Trinajstić information content (AvgIpc) is 3.09. The summed E-state index contributed by atoms with van der Waals surface area (Å²) in [5.74, 6) is 1.98.